The smallest absolute Gasteiger partial charge is 0.342 e. The van der Waals surface area contributed by atoms with Crippen molar-refractivity contribution in [2.24, 2.45) is 0 Å². The monoisotopic (exact) mass is 423 g/mol. The van der Waals surface area contributed by atoms with E-state index in [2.05, 4.69) is 53.1 Å². The van der Waals surface area contributed by atoms with E-state index in [-0.39, 0.29) is 17.0 Å². The molecule has 0 N–H and O–H groups in total. The molecule has 4 rings (SSSR count). The summed E-state index contributed by atoms with van der Waals surface area (Å²) in [5, 5.41) is 5.79. The summed E-state index contributed by atoms with van der Waals surface area (Å²) in [7, 11) is 0. The quantitative estimate of drug-likeness (QED) is 0.357. The Hall–Kier alpha value is -2.37. The van der Waals surface area contributed by atoms with Gasteiger partial charge in [-0.25, -0.2) is 0 Å². The Kier molecular flexibility index (Phi) is 6.26. The van der Waals surface area contributed by atoms with Gasteiger partial charge in [-0.15, -0.1) is 0 Å². The van der Waals surface area contributed by atoms with E-state index in [9.17, 15) is 0 Å². The molecular weight excluding hydrogens is 406 g/mol. The van der Waals surface area contributed by atoms with Gasteiger partial charge in [0.05, 0.1) is 5.10 Å². The molecule has 0 aliphatic heterocycles. The maximum atomic E-state index is 4.81. The number of hydrogen-bond acceptors (Lipinski definition) is 2. The van der Waals surface area contributed by atoms with E-state index in [0.29, 0.717) is 0 Å². The second kappa shape index (κ2) is 8.83. The van der Waals surface area contributed by atoms with Gasteiger partial charge in [-0.3, -0.25) is 0 Å². The number of hydrogen-bond donors (Lipinski definition) is 0. The van der Waals surface area contributed by atoms with Gasteiger partial charge in [0.1, 0.15) is 11.4 Å². The fraction of sp³-hybridized carbons (Fsp3) is 0.0476. The Bertz CT molecular complexity index is 941. The highest BCUT2D eigenvalue weighted by Crippen LogP contribution is 2.20. The average molecular weight is 424 g/mol. The van der Waals surface area contributed by atoms with E-state index in [1.807, 2.05) is 53.5 Å². The number of halogens is 1. The molecule has 26 heavy (non-hydrogen) atoms. The van der Waals surface area contributed by atoms with Crippen molar-refractivity contribution in [2.45, 2.75) is 10.9 Å². The molecule has 3 nitrogen and oxygen atoms in total. The first-order chi connectivity index (χ1) is 12.4. The van der Waals surface area contributed by atoms with Gasteiger partial charge in [-0.2, -0.15) is 4.57 Å². The van der Waals surface area contributed by atoms with E-state index in [1.54, 1.807) is 11.8 Å². The normalized spacial score (nSPS) is 10.3. The zero-order chi connectivity index (χ0) is 16.9. The van der Waals surface area contributed by atoms with E-state index < -0.39 is 0 Å². The fourth-order valence-corrected chi connectivity index (χ4v) is 3.54. The van der Waals surface area contributed by atoms with Crippen LogP contribution < -0.4 is 21.5 Å². The molecule has 0 unspecified atom stereocenters. The van der Waals surface area contributed by atoms with Gasteiger partial charge in [0.2, 0.25) is 6.33 Å². The fourth-order valence-electron chi connectivity index (χ4n) is 2.62. The zero-order valence-electron chi connectivity index (χ0n) is 14.1. The number of benzene rings is 3. The summed E-state index contributed by atoms with van der Waals surface area (Å²) in [6, 6.07) is 31.0. The SMILES string of the molecule is [Br-].c1ccc(CSc2nn(-c3ccccc3)c[n+]2-c2ccccc2)cc1. The summed E-state index contributed by atoms with van der Waals surface area (Å²) in [6.45, 7) is 0. The molecule has 0 fully saturated rings. The second-order valence-electron chi connectivity index (χ2n) is 5.66. The molecule has 0 atom stereocenters. The van der Waals surface area contributed by atoms with Crippen molar-refractivity contribution in [1.82, 2.24) is 9.78 Å². The molecule has 130 valence electrons. The van der Waals surface area contributed by atoms with E-state index in [4.69, 9.17) is 5.10 Å². The highest BCUT2D eigenvalue weighted by atomic mass is 79.9. The molecule has 0 bridgehead atoms. The van der Waals surface area contributed by atoms with Crippen molar-refractivity contribution in [2.75, 3.05) is 0 Å². The molecular formula is C21H18BrN3S. The third-order valence-electron chi connectivity index (χ3n) is 3.89. The lowest BCUT2D eigenvalue weighted by molar-refractivity contribution is -0.636. The lowest BCUT2D eigenvalue weighted by Gasteiger charge is -2.00. The maximum absolute atomic E-state index is 4.81. The van der Waals surface area contributed by atoms with E-state index in [0.717, 1.165) is 22.3 Å². The standard InChI is InChI=1S/C21H18N3S.BrH/c1-4-10-18(11-5-1)16-25-21-22-24(20-14-8-3-9-15-20)17-23(21)19-12-6-2-7-13-19;/h1-15,17H,16H2;1H/q+1;/p-1. The minimum absolute atomic E-state index is 0. The summed E-state index contributed by atoms with van der Waals surface area (Å²) in [6.07, 6.45) is 2.04. The molecule has 1 aromatic heterocycles. The van der Waals surface area contributed by atoms with Crippen LogP contribution in [-0.4, -0.2) is 9.78 Å². The van der Waals surface area contributed by atoms with Crippen molar-refractivity contribution < 1.29 is 21.5 Å². The van der Waals surface area contributed by atoms with Crippen molar-refractivity contribution in [3.05, 3.63) is 103 Å². The number of rotatable bonds is 5. The lowest BCUT2D eigenvalue weighted by atomic mass is 10.2. The van der Waals surface area contributed by atoms with Gasteiger partial charge in [0, 0.05) is 5.75 Å². The largest absolute Gasteiger partial charge is 1.00 e. The van der Waals surface area contributed by atoms with Crippen molar-refractivity contribution in [3.8, 4) is 11.4 Å². The lowest BCUT2D eigenvalue weighted by Crippen LogP contribution is -3.00. The van der Waals surface area contributed by atoms with Gasteiger partial charge in [0.15, 0.2) is 0 Å². The highest BCUT2D eigenvalue weighted by Gasteiger charge is 2.20. The molecule has 0 saturated heterocycles. The van der Waals surface area contributed by atoms with Crippen molar-refractivity contribution in [1.29, 1.82) is 0 Å². The van der Waals surface area contributed by atoms with Gasteiger partial charge < -0.3 is 17.0 Å². The van der Waals surface area contributed by atoms with Crippen LogP contribution in [0.3, 0.4) is 0 Å². The first kappa shape index (κ1) is 18.4. The summed E-state index contributed by atoms with van der Waals surface area (Å²) in [5.41, 5.74) is 3.46. The van der Waals surface area contributed by atoms with Gasteiger partial charge in [-0.1, -0.05) is 71.4 Å². The molecule has 0 aliphatic carbocycles. The minimum Gasteiger partial charge on any atom is -1.00 e. The molecule has 4 aromatic rings. The van der Waals surface area contributed by atoms with Crippen LogP contribution >= 0.6 is 11.8 Å². The van der Waals surface area contributed by atoms with Crippen LogP contribution in [0.1, 0.15) is 5.56 Å². The van der Waals surface area contributed by atoms with Crippen molar-refractivity contribution >= 4 is 11.8 Å². The Labute approximate surface area is 168 Å². The van der Waals surface area contributed by atoms with Crippen LogP contribution in [-0.2, 0) is 5.75 Å². The van der Waals surface area contributed by atoms with Crippen LogP contribution in [0.15, 0.2) is 102 Å². The van der Waals surface area contributed by atoms with Gasteiger partial charge in [0.25, 0.3) is 0 Å². The maximum Gasteiger partial charge on any atom is 0.342 e. The number of thioether (sulfide) groups is 1. The molecule has 0 saturated carbocycles. The van der Waals surface area contributed by atoms with Crippen LogP contribution in [0.2, 0.25) is 0 Å². The first-order valence-electron chi connectivity index (χ1n) is 8.19. The van der Waals surface area contributed by atoms with Crippen LogP contribution in [0, 0.1) is 0 Å². The van der Waals surface area contributed by atoms with Gasteiger partial charge >= 0.3 is 5.16 Å². The summed E-state index contributed by atoms with van der Waals surface area (Å²) < 4.78 is 4.07. The second-order valence-corrected chi connectivity index (χ2v) is 6.60. The van der Waals surface area contributed by atoms with Crippen molar-refractivity contribution in [3.63, 3.8) is 0 Å². The van der Waals surface area contributed by atoms with E-state index in [1.165, 1.54) is 5.56 Å². The Morgan fingerprint density at radius 1 is 0.769 bits per heavy atom. The highest BCUT2D eigenvalue weighted by molar-refractivity contribution is 7.98. The Morgan fingerprint density at radius 3 is 2.00 bits per heavy atom. The van der Waals surface area contributed by atoms with Gasteiger partial charge in [-0.05, 0) is 41.6 Å². The molecule has 1 heterocycles. The molecule has 0 radical (unpaired) electrons. The molecule has 0 amide bonds. The molecule has 0 spiro atoms. The molecule has 0 aliphatic rings. The predicted octanol–water partition coefficient (Wildman–Crippen LogP) is 1.45. The van der Waals surface area contributed by atoms with Crippen LogP contribution in [0.5, 0.6) is 0 Å². The Balaban J connectivity index is 0.00000196. The van der Waals surface area contributed by atoms with E-state index >= 15 is 0 Å². The number of nitrogens with zero attached hydrogens (tertiary/aromatic N) is 3. The number of aromatic nitrogens is 3. The summed E-state index contributed by atoms with van der Waals surface area (Å²) >= 11 is 1.74. The van der Waals surface area contributed by atoms with Crippen LogP contribution in [0.4, 0.5) is 0 Å². The summed E-state index contributed by atoms with van der Waals surface area (Å²) in [5.74, 6) is 0.888. The third kappa shape index (κ3) is 4.23. The molecule has 3 aromatic carbocycles. The predicted molar refractivity (Wildman–Crippen MR) is 101 cm³/mol. The number of para-hydroxylation sites is 2. The average Bonchev–Trinajstić information content (AvgIpc) is 3.13. The molecule has 5 heteroatoms. The van der Waals surface area contributed by atoms with Crippen LogP contribution in [0.25, 0.3) is 11.4 Å². The summed E-state index contributed by atoms with van der Waals surface area (Å²) in [4.78, 5) is 0. The topological polar surface area (TPSA) is 21.7 Å². The third-order valence-corrected chi connectivity index (χ3v) is 4.90. The Morgan fingerprint density at radius 2 is 1.35 bits per heavy atom. The zero-order valence-corrected chi connectivity index (χ0v) is 16.5. The minimum atomic E-state index is 0. The first-order valence-corrected chi connectivity index (χ1v) is 9.17.